The van der Waals surface area contributed by atoms with Gasteiger partial charge in [-0.25, -0.2) is 8.42 Å². The fourth-order valence-electron chi connectivity index (χ4n) is 1.46. The van der Waals surface area contributed by atoms with Crippen LogP contribution in [0.4, 0.5) is 0 Å². The maximum absolute atomic E-state index is 11.1. The lowest BCUT2D eigenvalue weighted by molar-refractivity contribution is 0.0767. The van der Waals surface area contributed by atoms with Gasteiger partial charge in [0.05, 0.1) is 19.3 Å². The molecule has 0 bridgehead atoms. The van der Waals surface area contributed by atoms with Crippen molar-refractivity contribution < 1.29 is 18.3 Å². The fourth-order valence-corrected chi connectivity index (χ4v) is 2.34. The normalized spacial score (nSPS) is 18.1. The highest BCUT2D eigenvalue weighted by atomic mass is 32.2. The van der Waals surface area contributed by atoms with Crippen LogP contribution in [0.5, 0.6) is 11.5 Å². The van der Waals surface area contributed by atoms with Crippen molar-refractivity contribution in [3.63, 3.8) is 0 Å². The van der Waals surface area contributed by atoms with E-state index in [-0.39, 0.29) is 11.9 Å². The molecule has 1 N–H and O–H groups in total. The Morgan fingerprint density at radius 1 is 1.31 bits per heavy atom. The Balaban J connectivity index is 1.88. The largest absolute Gasteiger partial charge is 0.508 e. The smallest absolute Gasteiger partial charge is 0.211 e. The van der Waals surface area contributed by atoms with E-state index in [2.05, 4.69) is 0 Å². The standard InChI is InChI=1S/C10H13NO4S/c1-16(13,14)11-6-10(7-11)15-9-4-2-8(12)3-5-9/h2-5,10,12H,6-7H2,1H3. The first kappa shape index (κ1) is 11.2. The highest BCUT2D eigenvalue weighted by Crippen LogP contribution is 2.21. The molecule has 5 nitrogen and oxygen atoms in total. The third-order valence-corrected chi connectivity index (χ3v) is 3.66. The van der Waals surface area contributed by atoms with Gasteiger partial charge in [-0.15, -0.1) is 0 Å². The van der Waals surface area contributed by atoms with Crippen LogP contribution >= 0.6 is 0 Å². The maximum Gasteiger partial charge on any atom is 0.211 e. The summed E-state index contributed by atoms with van der Waals surface area (Å²) in [5, 5.41) is 9.07. The van der Waals surface area contributed by atoms with Crippen LogP contribution in [0.25, 0.3) is 0 Å². The minimum atomic E-state index is -3.08. The van der Waals surface area contributed by atoms with E-state index in [9.17, 15) is 8.42 Å². The van der Waals surface area contributed by atoms with Crippen molar-refractivity contribution in [1.29, 1.82) is 0 Å². The molecule has 1 aliphatic rings. The second kappa shape index (κ2) is 3.95. The van der Waals surface area contributed by atoms with E-state index in [4.69, 9.17) is 9.84 Å². The highest BCUT2D eigenvalue weighted by molar-refractivity contribution is 7.88. The van der Waals surface area contributed by atoms with E-state index in [1.807, 2.05) is 0 Å². The number of nitrogens with zero attached hydrogens (tertiary/aromatic N) is 1. The summed E-state index contributed by atoms with van der Waals surface area (Å²) in [4.78, 5) is 0. The summed E-state index contributed by atoms with van der Waals surface area (Å²) in [5.41, 5.74) is 0. The van der Waals surface area contributed by atoms with Gasteiger partial charge in [0, 0.05) is 0 Å². The van der Waals surface area contributed by atoms with Gasteiger partial charge < -0.3 is 9.84 Å². The summed E-state index contributed by atoms with van der Waals surface area (Å²) in [5.74, 6) is 0.815. The first-order valence-electron chi connectivity index (χ1n) is 4.86. The molecule has 0 unspecified atom stereocenters. The quantitative estimate of drug-likeness (QED) is 0.835. The van der Waals surface area contributed by atoms with Crippen molar-refractivity contribution in [3.8, 4) is 11.5 Å². The van der Waals surface area contributed by atoms with Gasteiger partial charge in [0.2, 0.25) is 10.0 Å². The molecule has 1 heterocycles. The van der Waals surface area contributed by atoms with E-state index in [0.29, 0.717) is 18.8 Å². The minimum Gasteiger partial charge on any atom is -0.508 e. The van der Waals surface area contributed by atoms with Crippen molar-refractivity contribution in [3.05, 3.63) is 24.3 Å². The van der Waals surface area contributed by atoms with Crippen LogP contribution in [0.2, 0.25) is 0 Å². The van der Waals surface area contributed by atoms with E-state index >= 15 is 0 Å². The molecule has 1 aromatic carbocycles. The molecule has 0 amide bonds. The molecule has 1 fully saturated rings. The van der Waals surface area contributed by atoms with Gasteiger partial charge in [0.25, 0.3) is 0 Å². The van der Waals surface area contributed by atoms with E-state index in [0.717, 1.165) is 0 Å². The lowest BCUT2D eigenvalue weighted by Gasteiger charge is -2.36. The monoisotopic (exact) mass is 243 g/mol. The molecule has 0 spiro atoms. The summed E-state index contributed by atoms with van der Waals surface area (Å²) < 4.78 is 29.1. The number of ether oxygens (including phenoxy) is 1. The van der Waals surface area contributed by atoms with Gasteiger partial charge >= 0.3 is 0 Å². The predicted molar refractivity (Wildman–Crippen MR) is 58.9 cm³/mol. The second-order valence-corrected chi connectivity index (χ2v) is 5.80. The lowest BCUT2D eigenvalue weighted by Crippen LogP contribution is -2.55. The highest BCUT2D eigenvalue weighted by Gasteiger charge is 2.34. The second-order valence-electron chi connectivity index (χ2n) is 3.81. The molecule has 88 valence electrons. The Labute approximate surface area is 94.3 Å². The zero-order chi connectivity index (χ0) is 11.8. The molecule has 1 aliphatic heterocycles. The number of rotatable bonds is 3. The zero-order valence-corrected chi connectivity index (χ0v) is 9.64. The Morgan fingerprint density at radius 3 is 2.38 bits per heavy atom. The molecular formula is C10H13NO4S. The van der Waals surface area contributed by atoms with Gasteiger partial charge in [-0.2, -0.15) is 4.31 Å². The van der Waals surface area contributed by atoms with Gasteiger partial charge in [-0.3, -0.25) is 0 Å². The van der Waals surface area contributed by atoms with Crippen LogP contribution in [0.3, 0.4) is 0 Å². The van der Waals surface area contributed by atoms with E-state index < -0.39 is 10.0 Å². The predicted octanol–water partition coefficient (Wildman–Crippen LogP) is 0.415. The summed E-state index contributed by atoms with van der Waals surface area (Å²) in [6, 6.07) is 6.36. The van der Waals surface area contributed by atoms with Crippen LogP contribution in [0.15, 0.2) is 24.3 Å². The van der Waals surface area contributed by atoms with Crippen molar-refractivity contribution in [1.82, 2.24) is 4.31 Å². The molecule has 16 heavy (non-hydrogen) atoms. The molecule has 1 saturated heterocycles. The number of phenols is 1. The van der Waals surface area contributed by atoms with Crippen molar-refractivity contribution in [2.75, 3.05) is 19.3 Å². The van der Waals surface area contributed by atoms with E-state index in [1.165, 1.54) is 22.7 Å². The molecule has 0 aromatic heterocycles. The molecule has 1 aromatic rings. The van der Waals surface area contributed by atoms with E-state index in [1.54, 1.807) is 12.1 Å². The Bertz CT molecular complexity index is 462. The average molecular weight is 243 g/mol. The molecule has 0 aliphatic carbocycles. The third-order valence-electron chi connectivity index (χ3n) is 2.42. The molecule has 6 heteroatoms. The van der Waals surface area contributed by atoms with Crippen molar-refractivity contribution in [2.45, 2.75) is 6.10 Å². The number of aromatic hydroxyl groups is 1. The van der Waals surface area contributed by atoms with Crippen LogP contribution < -0.4 is 4.74 Å². The first-order valence-corrected chi connectivity index (χ1v) is 6.71. The number of phenolic OH excluding ortho intramolecular Hbond substituents is 1. The number of hydrogen-bond donors (Lipinski definition) is 1. The van der Waals surface area contributed by atoms with Gasteiger partial charge in [0.1, 0.15) is 17.6 Å². The zero-order valence-electron chi connectivity index (χ0n) is 8.83. The summed E-state index contributed by atoms with van der Waals surface area (Å²) >= 11 is 0. The van der Waals surface area contributed by atoms with Gasteiger partial charge in [-0.1, -0.05) is 0 Å². The Morgan fingerprint density at radius 2 is 1.88 bits per heavy atom. The minimum absolute atomic E-state index is 0.0979. The lowest BCUT2D eigenvalue weighted by atomic mass is 10.2. The molecule has 2 rings (SSSR count). The molecule has 0 radical (unpaired) electrons. The van der Waals surface area contributed by atoms with Crippen molar-refractivity contribution >= 4 is 10.0 Å². The fraction of sp³-hybridized carbons (Fsp3) is 0.400. The van der Waals surface area contributed by atoms with Gasteiger partial charge in [0.15, 0.2) is 0 Å². The first-order chi connectivity index (χ1) is 7.45. The summed E-state index contributed by atoms with van der Waals surface area (Å²) in [6.07, 6.45) is 1.09. The Hall–Kier alpha value is -1.27. The average Bonchev–Trinajstić information content (AvgIpc) is 2.11. The van der Waals surface area contributed by atoms with Crippen LogP contribution in [-0.4, -0.2) is 43.3 Å². The van der Waals surface area contributed by atoms with Crippen LogP contribution in [-0.2, 0) is 10.0 Å². The van der Waals surface area contributed by atoms with Gasteiger partial charge in [-0.05, 0) is 24.3 Å². The molecule has 0 saturated carbocycles. The number of hydrogen-bond acceptors (Lipinski definition) is 4. The third kappa shape index (κ3) is 2.45. The maximum atomic E-state index is 11.1. The topological polar surface area (TPSA) is 66.8 Å². The van der Waals surface area contributed by atoms with Crippen molar-refractivity contribution in [2.24, 2.45) is 0 Å². The Kier molecular flexibility index (Phi) is 2.77. The molecular weight excluding hydrogens is 230 g/mol. The SMILES string of the molecule is CS(=O)(=O)N1CC(Oc2ccc(O)cc2)C1. The van der Waals surface area contributed by atoms with Crippen LogP contribution in [0.1, 0.15) is 0 Å². The summed E-state index contributed by atoms with van der Waals surface area (Å²) in [6.45, 7) is 0.777. The number of sulfonamides is 1. The number of benzene rings is 1. The molecule has 0 atom stereocenters. The van der Waals surface area contributed by atoms with Crippen LogP contribution in [0, 0.1) is 0 Å². The summed E-state index contributed by atoms with van der Waals surface area (Å²) in [7, 11) is -3.08.